The van der Waals surface area contributed by atoms with Crippen molar-refractivity contribution < 1.29 is 9.53 Å². The zero-order valence-corrected chi connectivity index (χ0v) is 14.3. The second kappa shape index (κ2) is 6.77. The molecule has 0 aliphatic rings. The van der Waals surface area contributed by atoms with Crippen molar-refractivity contribution in [2.75, 3.05) is 5.32 Å². The van der Waals surface area contributed by atoms with Crippen LogP contribution in [0.2, 0.25) is 0 Å². The number of benzene rings is 1. The highest BCUT2D eigenvalue weighted by molar-refractivity contribution is 5.89. The molecule has 2 rings (SSSR count). The summed E-state index contributed by atoms with van der Waals surface area (Å²) in [6.07, 6.45) is 0. The third kappa shape index (κ3) is 5.36. The Hall–Kier alpha value is -2.43. The molecule has 0 unspecified atom stereocenters. The van der Waals surface area contributed by atoms with E-state index in [-0.39, 0.29) is 5.97 Å². The highest BCUT2D eigenvalue weighted by Gasteiger charge is 2.17. The van der Waals surface area contributed by atoms with Gasteiger partial charge in [0, 0.05) is 17.9 Å². The summed E-state index contributed by atoms with van der Waals surface area (Å²) in [6, 6.07) is 9.27. The fourth-order valence-corrected chi connectivity index (χ4v) is 2.08. The molecule has 1 heterocycles. The molecule has 1 aromatic heterocycles. The summed E-state index contributed by atoms with van der Waals surface area (Å²) in [5, 5.41) is 3.19. The van der Waals surface area contributed by atoms with Gasteiger partial charge in [0.2, 0.25) is 5.95 Å². The molecular formula is C18H23N3O2. The molecule has 1 aromatic carbocycles. The first-order chi connectivity index (χ1) is 10.7. The number of rotatable bonds is 4. The molecule has 5 nitrogen and oxygen atoms in total. The van der Waals surface area contributed by atoms with Crippen LogP contribution in [-0.2, 0) is 11.3 Å². The van der Waals surface area contributed by atoms with Gasteiger partial charge >= 0.3 is 5.97 Å². The van der Waals surface area contributed by atoms with Crippen molar-refractivity contribution in [1.82, 2.24) is 9.97 Å². The molecule has 122 valence electrons. The molecule has 0 aliphatic carbocycles. The SMILES string of the molecule is Cc1cc(C)nc(NCc2ccc(C(=O)OC(C)(C)C)cc2)n1. The fourth-order valence-electron chi connectivity index (χ4n) is 2.08. The lowest BCUT2D eigenvalue weighted by molar-refractivity contribution is 0.00695. The van der Waals surface area contributed by atoms with Gasteiger partial charge in [-0.2, -0.15) is 0 Å². The Labute approximate surface area is 137 Å². The van der Waals surface area contributed by atoms with Crippen molar-refractivity contribution >= 4 is 11.9 Å². The van der Waals surface area contributed by atoms with Crippen molar-refractivity contribution in [2.45, 2.75) is 46.8 Å². The summed E-state index contributed by atoms with van der Waals surface area (Å²) in [4.78, 5) is 20.6. The van der Waals surface area contributed by atoms with Crippen LogP contribution in [-0.4, -0.2) is 21.5 Å². The first-order valence-electron chi connectivity index (χ1n) is 7.61. The molecule has 0 fully saturated rings. The van der Waals surface area contributed by atoms with Gasteiger partial charge in [0.05, 0.1) is 5.56 Å². The third-order valence-corrected chi connectivity index (χ3v) is 3.02. The van der Waals surface area contributed by atoms with E-state index in [1.54, 1.807) is 12.1 Å². The number of carbonyl (C=O) groups excluding carboxylic acids is 1. The maximum absolute atomic E-state index is 12.0. The molecule has 0 amide bonds. The highest BCUT2D eigenvalue weighted by Crippen LogP contribution is 2.13. The number of hydrogen-bond acceptors (Lipinski definition) is 5. The Kier molecular flexibility index (Phi) is 4.98. The van der Waals surface area contributed by atoms with Gasteiger partial charge in [0.25, 0.3) is 0 Å². The Balaban J connectivity index is 1.98. The van der Waals surface area contributed by atoms with Crippen LogP contribution in [0, 0.1) is 13.8 Å². The lowest BCUT2D eigenvalue weighted by atomic mass is 10.1. The normalized spacial score (nSPS) is 11.2. The van der Waals surface area contributed by atoms with Gasteiger partial charge < -0.3 is 10.1 Å². The fraction of sp³-hybridized carbons (Fsp3) is 0.389. The first-order valence-corrected chi connectivity index (χ1v) is 7.61. The van der Waals surface area contributed by atoms with E-state index in [0.29, 0.717) is 18.1 Å². The molecule has 23 heavy (non-hydrogen) atoms. The molecule has 2 aromatic rings. The summed E-state index contributed by atoms with van der Waals surface area (Å²) >= 11 is 0. The Morgan fingerprint density at radius 3 is 2.17 bits per heavy atom. The zero-order chi connectivity index (χ0) is 17.0. The minimum absolute atomic E-state index is 0.311. The number of anilines is 1. The number of aromatic nitrogens is 2. The van der Waals surface area contributed by atoms with Crippen molar-refractivity contribution in [3.05, 3.63) is 52.8 Å². The number of carbonyl (C=O) groups is 1. The maximum atomic E-state index is 12.0. The topological polar surface area (TPSA) is 64.1 Å². The van der Waals surface area contributed by atoms with E-state index in [9.17, 15) is 4.79 Å². The molecule has 0 saturated heterocycles. The van der Waals surface area contributed by atoms with Gasteiger partial charge in [0.15, 0.2) is 0 Å². The van der Waals surface area contributed by atoms with Crippen LogP contribution in [0.1, 0.15) is 48.1 Å². The van der Waals surface area contributed by atoms with E-state index in [2.05, 4.69) is 15.3 Å². The second-order valence-electron chi connectivity index (χ2n) is 6.53. The summed E-state index contributed by atoms with van der Waals surface area (Å²) in [5.41, 5.74) is 2.96. The average Bonchev–Trinajstić information content (AvgIpc) is 2.43. The van der Waals surface area contributed by atoms with E-state index in [1.165, 1.54) is 0 Å². The van der Waals surface area contributed by atoms with Gasteiger partial charge in [-0.3, -0.25) is 0 Å². The van der Waals surface area contributed by atoms with Crippen LogP contribution in [0.15, 0.2) is 30.3 Å². The monoisotopic (exact) mass is 313 g/mol. The number of nitrogens with one attached hydrogen (secondary N) is 1. The van der Waals surface area contributed by atoms with Crippen molar-refractivity contribution in [1.29, 1.82) is 0 Å². The van der Waals surface area contributed by atoms with E-state index in [1.807, 2.05) is 52.8 Å². The van der Waals surface area contributed by atoms with Crippen molar-refractivity contribution in [2.24, 2.45) is 0 Å². The van der Waals surface area contributed by atoms with Gasteiger partial charge in [-0.05, 0) is 58.4 Å². The first kappa shape index (κ1) is 16.9. The molecule has 0 spiro atoms. The zero-order valence-electron chi connectivity index (χ0n) is 14.3. The Morgan fingerprint density at radius 1 is 1.09 bits per heavy atom. The molecule has 1 N–H and O–H groups in total. The number of ether oxygens (including phenoxy) is 1. The second-order valence-corrected chi connectivity index (χ2v) is 6.53. The maximum Gasteiger partial charge on any atom is 0.338 e. The van der Waals surface area contributed by atoms with Crippen LogP contribution in [0.3, 0.4) is 0 Å². The van der Waals surface area contributed by atoms with Crippen LogP contribution in [0.5, 0.6) is 0 Å². The summed E-state index contributed by atoms with van der Waals surface area (Å²) in [6.45, 7) is 10.0. The molecule has 0 saturated carbocycles. The minimum Gasteiger partial charge on any atom is -0.456 e. The molecular weight excluding hydrogens is 290 g/mol. The van der Waals surface area contributed by atoms with Crippen molar-refractivity contribution in [3.63, 3.8) is 0 Å². The molecule has 0 aliphatic heterocycles. The van der Waals surface area contributed by atoms with E-state index >= 15 is 0 Å². The van der Waals surface area contributed by atoms with Gasteiger partial charge in [-0.1, -0.05) is 12.1 Å². The van der Waals surface area contributed by atoms with Crippen LogP contribution in [0.4, 0.5) is 5.95 Å². The predicted molar refractivity (Wildman–Crippen MR) is 90.4 cm³/mol. The summed E-state index contributed by atoms with van der Waals surface area (Å²) in [7, 11) is 0. The number of aryl methyl sites for hydroxylation is 2. The molecule has 0 bridgehead atoms. The van der Waals surface area contributed by atoms with E-state index < -0.39 is 5.60 Å². The number of nitrogens with zero attached hydrogens (tertiary/aromatic N) is 2. The average molecular weight is 313 g/mol. The van der Waals surface area contributed by atoms with Crippen molar-refractivity contribution in [3.8, 4) is 0 Å². The molecule has 0 radical (unpaired) electrons. The predicted octanol–water partition coefficient (Wildman–Crippen LogP) is 3.66. The van der Waals surface area contributed by atoms with Crippen LogP contribution >= 0.6 is 0 Å². The highest BCUT2D eigenvalue weighted by atomic mass is 16.6. The van der Waals surface area contributed by atoms with Gasteiger partial charge in [-0.15, -0.1) is 0 Å². The number of esters is 1. The number of hydrogen-bond donors (Lipinski definition) is 1. The third-order valence-electron chi connectivity index (χ3n) is 3.02. The lowest BCUT2D eigenvalue weighted by Gasteiger charge is -2.19. The smallest absolute Gasteiger partial charge is 0.338 e. The minimum atomic E-state index is -0.488. The molecule has 0 atom stereocenters. The standard InChI is InChI=1S/C18H23N3O2/c1-12-10-13(2)21-17(20-12)19-11-14-6-8-15(9-7-14)16(22)23-18(3,4)5/h6-10H,11H2,1-5H3,(H,19,20,21). The van der Waals surface area contributed by atoms with E-state index in [0.717, 1.165) is 17.0 Å². The molecule has 5 heteroatoms. The Bertz CT molecular complexity index is 668. The summed E-state index contributed by atoms with van der Waals surface area (Å²) in [5.74, 6) is 0.299. The Morgan fingerprint density at radius 2 is 1.65 bits per heavy atom. The lowest BCUT2D eigenvalue weighted by Crippen LogP contribution is -2.23. The summed E-state index contributed by atoms with van der Waals surface area (Å²) < 4.78 is 5.34. The van der Waals surface area contributed by atoms with Crippen LogP contribution in [0.25, 0.3) is 0 Å². The van der Waals surface area contributed by atoms with E-state index in [4.69, 9.17) is 4.74 Å². The quantitative estimate of drug-likeness (QED) is 0.873. The van der Waals surface area contributed by atoms with Gasteiger partial charge in [-0.25, -0.2) is 14.8 Å². The largest absolute Gasteiger partial charge is 0.456 e. The van der Waals surface area contributed by atoms with Crippen LogP contribution < -0.4 is 5.32 Å². The van der Waals surface area contributed by atoms with Gasteiger partial charge in [0.1, 0.15) is 5.60 Å².